The van der Waals surface area contributed by atoms with Crippen LogP contribution in [0.4, 0.5) is 0 Å². The van der Waals surface area contributed by atoms with E-state index in [1.54, 1.807) is 0 Å². The molecule has 0 saturated heterocycles. The average Bonchev–Trinajstić information content (AvgIpc) is 2.88. The van der Waals surface area contributed by atoms with Crippen LogP contribution in [-0.2, 0) is 0 Å². The van der Waals surface area contributed by atoms with Gasteiger partial charge in [-0.15, -0.1) is 0 Å². The second kappa shape index (κ2) is 8.95. The molecule has 0 atom stereocenters. The number of rotatable bonds is 5. The number of benzene rings is 5. The molecule has 0 heterocycles. The third kappa shape index (κ3) is 3.73. The molecule has 0 bridgehead atoms. The van der Waals surface area contributed by atoms with E-state index in [0.717, 1.165) is 0 Å². The van der Waals surface area contributed by atoms with Crippen LogP contribution in [0.1, 0.15) is 0 Å². The van der Waals surface area contributed by atoms with Gasteiger partial charge in [-0.3, -0.25) is 0 Å². The Morgan fingerprint density at radius 2 is 0.548 bits per heavy atom. The Morgan fingerprint density at radius 1 is 0.258 bits per heavy atom. The van der Waals surface area contributed by atoms with Gasteiger partial charge in [-0.2, -0.15) is 0 Å². The van der Waals surface area contributed by atoms with Crippen molar-refractivity contribution in [2.75, 3.05) is 0 Å². The summed E-state index contributed by atoms with van der Waals surface area (Å²) in [5.74, 6) is 0. The van der Waals surface area contributed by atoms with Gasteiger partial charge in [-0.25, -0.2) is 0 Å². The second-order valence-corrected chi connectivity index (χ2v) is 18.7. The zero-order valence-electron chi connectivity index (χ0n) is 17.4. The Balaban J connectivity index is 1.78. The monoisotopic (exact) mass is 504 g/mol. The SMILES string of the molecule is c1ccc(-c2cc[c]([Sn]([c]3ccccc3)([c]3ccccc3)[c]3ccccc3)cc2)cc1. The molecular weight excluding hydrogens is 479 g/mol. The Labute approximate surface area is 188 Å². The third-order valence-electron chi connectivity index (χ3n) is 6.05. The first-order valence-corrected chi connectivity index (χ1v) is 16.4. The van der Waals surface area contributed by atoms with Crippen LogP contribution in [0.3, 0.4) is 0 Å². The molecule has 0 N–H and O–H groups in total. The summed E-state index contributed by atoms with van der Waals surface area (Å²) in [5, 5.41) is 0. The molecule has 0 aliphatic heterocycles. The van der Waals surface area contributed by atoms with E-state index in [4.69, 9.17) is 0 Å². The van der Waals surface area contributed by atoms with Crippen LogP contribution in [0.15, 0.2) is 146 Å². The molecule has 0 aliphatic carbocycles. The molecule has 31 heavy (non-hydrogen) atoms. The summed E-state index contributed by atoms with van der Waals surface area (Å²) in [7, 11) is 0. The van der Waals surface area contributed by atoms with Crippen molar-refractivity contribution >= 4 is 32.7 Å². The zero-order chi connectivity index (χ0) is 20.9. The van der Waals surface area contributed by atoms with E-state index in [1.165, 1.54) is 25.4 Å². The minimum absolute atomic E-state index is 1.26. The zero-order valence-corrected chi connectivity index (χ0v) is 20.2. The Kier molecular flexibility index (Phi) is 5.73. The van der Waals surface area contributed by atoms with Crippen LogP contribution in [0.5, 0.6) is 0 Å². The van der Waals surface area contributed by atoms with Crippen LogP contribution in [-0.4, -0.2) is 18.4 Å². The molecule has 0 spiro atoms. The summed E-state index contributed by atoms with van der Waals surface area (Å²) >= 11 is -3.47. The number of hydrogen-bond acceptors (Lipinski definition) is 0. The molecule has 0 amide bonds. The van der Waals surface area contributed by atoms with Gasteiger partial charge in [-0.05, 0) is 0 Å². The van der Waals surface area contributed by atoms with Crippen molar-refractivity contribution in [3.63, 3.8) is 0 Å². The summed E-state index contributed by atoms with van der Waals surface area (Å²) < 4.78 is 5.89. The Bertz CT molecular complexity index is 1130. The molecule has 148 valence electrons. The van der Waals surface area contributed by atoms with Gasteiger partial charge in [0.15, 0.2) is 0 Å². The summed E-state index contributed by atoms with van der Waals surface area (Å²) in [5.41, 5.74) is 2.52. The predicted octanol–water partition coefficient (Wildman–Crippen LogP) is 4.73. The summed E-state index contributed by atoms with van der Waals surface area (Å²) in [4.78, 5) is 0. The van der Waals surface area contributed by atoms with Crippen LogP contribution in [0.2, 0.25) is 0 Å². The maximum atomic E-state index is 2.38. The van der Waals surface area contributed by atoms with Gasteiger partial charge in [0.2, 0.25) is 0 Å². The first-order valence-electron chi connectivity index (χ1n) is 10.7. The molecule has 0 saturated carbocycles. The van der Waals surface area contributed by atoms with E-state index < -0.39 is 18.4 Å². The molecule has 5 aromatic rings. The van der Waals surface area contributed by atoms with Crippen molar-refractivity contribution in [3.8, 4) is 11.1 Å². The van der Waals surface area contributed by atoms with Gasteiger partial charge in [-0.1, -0.05) is 0 Å². The fourth-order valence-electron chi connectivity index (χ4n) is 4.61. The fraction of sp³-hybridized carbons (Fsp3) is 0. The summed E-state index contributed by atoms with van der Waals surface area (Å²) in [6.07, 6.45) is 0. The number of hydrogen-bond donors (Lipinski definition) is 0. The van der Waals surface area contributed by atoms with Crippen LogP contribution in [0, 0.1) is 0 Å². The van der Waals surface area contributed by atoms with E-state index in [0.29, 0.717) is 0 Å². The van der Waals surface area contributed by atoms with Gasteiger partial charge in [0.25, 0.3) is 0 Å². The van der Waals surface area contributed by atoms with Crippen LogP contribution in [0.25, 0.3) is 11.1 Å². The normalized spacial score (nSPS) is 11.2. The molecule has 5 rings (SSSR count). The molecular formula is C30H24Sn. The van der Waals surface area contributed by atoms with E-state index in [1.807, 2.05) is 0 Å². The van der Waals surface area contributed by atoms with Gasteiger partial charge in [0.1, 0.15) is 0 Å². The van der Waals surface area contributed by atoms with Crippen LogP contribution < -0.4 is 14.3 Å². The predicted molar refractivity (Wildman–Crippen MR) is 135 cm³/mol. The van der Waals surface area contributed by atoms with Crippen molar-refractivity contribution in [2.24, 2.45) is 0 Å². The molecule has 0 aromatic heterocycles. The van der Waals surface area contributed by atoms with Gasteiger partial charge < -0.3 is 0 Å². The quantitative estimate of drug-likeness (QED) is 0.305. The van der Waals surface area contributed by atoms with Crippen molar-refractivity contribution in [1.82, 2.24) is 0 Å². The molecule has 0 unspecified atom stereocenters. The minimum atomic E-state index is -3.47. The van der Waals surface area contributed by atoms with Gasteiger partial charge >= 0.3 is 189 Å². The van der Waals surface area contributed by atoms with Crippen molar-refractivity contribution < 1.29 is 0 Å². The molecule has 1 heteroatoms. The Hall–Kier alpha value is -3.10. The van der Waals surface area contributed by atoms with Gasteiger partial charge in [0.05, 0.1) is 0 Å². The molecule has 0 fully saturated rings. The molecule has 5 aromatic carbocycles. The maximum absolute atomic E-state index is 3.47. The van der Waals surface area contributed by atoms with E-state index in [-0.39, 0.29) is 0 Å². The van der Waals surface area contributed by atoms with E-state index in [2.05, 4.69) is 146 Å². The Morgan fingerprint density at radius 3 is 0.935 bits per heavy atom. The van der Waals surface area contributed by atoms with Crippen molar-refractivity contribution in [1.29, 1.82) is 0 Å². The second-order valence-electron chi connectivity index (χ2n) is 7.79. The standard InChI is InChI=1S/C12H9.3C6H5.Sn/c1-3-7-11(8-4-1)12-9-5-2-6-10-12;3*1-2-4-6-5-3-1;/h1,3-10H;3*1-5H;. The van der Waals surface area contributed by atoms with Crippen molar-refractivity contribution in [2.45, 2.75) is 0 Å². The van der Waals surface area contributed by atoms with Crippen LogP contribution >= 0.6 is 0 Å². The molecule has 0 aliphatic rings. The summed E-state index contributed by atoms with van der Waals surface area (Å²) in [6, 6.07) is 53.5. The first kappa shape index (κ1) is 19.8. The fourth-order valence-corrected chi connectivity index (χ4v) is 18.1. The van der Waals surface area contributed by atoms with E-state index in [9.17, 15) is 0 Å². The van der Waals surface area contributed by atoms with Gasteiger partial charge in [0, 0.05) is 0 Å². The molecule has 0 radical (unpaired) electrons. The third-order valence-corrected chi connectivity index (χ3v) is 19.7. The summed E-state index contributed by atoms with van der Waals surface area (Å²) in [6.45, 7) is 0. The average molecular weight is 503 g/mol. The van der Waals surface area contributed by atoms with E-state index >= 15 is 0 Å². The molecule has 0 nitrogen and oxygen atoms in total. The topological polar surface area (TPSA) is 0 Å². The first-order chi connectivity index (χ1) is 15.4. The van der Waals surface area contributed by atoms with Crippen molar-refractivity contribution in [3.05, 3.63) is 146 Å².